The Bertz CT molecular complexity index is 390. The molecule has 1 fully saturated rings. The fourth-order valence-electron chi connectivity index (χ4n) is 2.86. The first-order valence-electron chi connectivity index (χ1n) is 8.15. The van der Waals surface area contributed by atoms with Crippen molar-refractivity contribution in [1.29, 1.82) is 0 Å². The van der Waals surface area contributed by atoms with Crippen LogP contribution >= 0.6 is 0 Å². The van der Waals surface area contributed by atoms with Crippen LogP contribution in [0.25, 0.3) is 0 Å². The van der Waals surface area contributed by atoms with Crippen LogP contribution in [-0.4, -0.2) is 12.8 Å². The summed E-state index contributed by atoms with van der Waals surface area (Å²) in [5.41, 5.74) is 2.62. The molecule has 0 N–H and O–H groups in total. The second-order valence-corrected chi connectivity index (χ2v) is 5.78. The molecule has 0 radical (unpaired) electrons. The van der Waals surface area contributed by atoms with Crippen molar-refractivity contribution in [2.24, 2.45) is 5.16 Å². The van der Waals surface area contributed by atoms with E-state index in [-0.39, 0.29) is 0 Å². The van der Waals surface area contributed by atoms with Crippen LogP contribution in [0.2, 0.25) is 0 Å². The molecule has 2 heteroatoms. The number of hydrogen-bond acceptors (Lipinski definition) is 2. The zero-order valence-corrected chi connectivity index (χ0v) is 12.7. The van der Waals surface area contributed by atoms with Gasteiger partial charge in [-0.3, -0.25) is 0 Å². The summed E-state index contributed by atoms with van der Waals surface area (Å²) in [7, 11) is 0. The lowest BCUT2D eigenvalue weighted by atomic mass is 9.84. The molecule has 1 aliphatic rings. The highest BCUT2D eigenvalue weighted by molar-refractivity contribution is 5.79. The second-order valence-electron chi connectivity index (χ2n) is 5.78. The standard InChI is InChI=1S/C18H27NO/c1-2-3-7-14-20-19-15-16-10-12-18(13-11-16)17-8-5-4-6-9-17/h10-13,15,17H,2-9,14H2,1H3. The minimum atomic E-state index is 0.727. The summed E-state index contributed by atoms with van der Waals surface area (Å²) in [6, 6.07) is 8.83. The molecule has 1 aliphatic carbocycles. The molecule has 0 atom stereocenters. The highest BCUT2D eigenvalue weighted by Crippen LogP contribution is 2.32. The lowest BCUT2D eigenvalue weighted by Crippen LogP contribution is -2.04. The predicted molar refractivity (Wildman–Crippen MR) is 85.3 cm³/mol. The van der Waals surface area contributed by atoms with Crippen LogP contribution in [0.15, 0.2) is 29.4 Å². The Hall–Kier alpha value is -1.31. The Kier molecular flexibility index (Phi) is 6.62. The average Bonchev–Trinajstić information content (AvgIpc) is 2.52. The normalized spacial score (nSPS) is 16.6. The lowest BCUT2D eigenvalue weighted by molar-refractivity contribution is 0.141. The highest BCUT2D eigenvalue weighted by Gasteiger charge is 2.14. The Labute approximate surface area is 123 Å². The van der Waals surface area contributed by atoms with Gasteiger partial charge in [-0.2, -0.15) is 0 Å². The summed E-state index contributed by atoms with van der Waals surface area (Å²) in [5.74, 6) is 0.778. The van der Waals surface area contributed by atoms with Crippen LogP contribution in [0.4, 0.5) is 0 Å². The van der Waals surface area contributed by atoms with Gasteiger partial charge in [0.25, 0.3) is 0 Å². The van der Waals surface area contributed by atoms with Gasteiger partial charge < -0.3 is 4.84 Å². The molecule has 0 amide bonds. The van der Waals surface area contributed by atoms with Crippen LogP contribution < -0.4 is 0 Å². The monoisotopic (exact) mass is 273 g/mol. The number of oxime groups is 1. The maximum Gasteiger partial charge on any atom is 0.117 e. The van der Waals surface area contributed by atoms with Crippen molar-refractivity contribution in [3.05, 3.63) is 35.4 Å². The summed E-state index contributed by atoms with van der Waals surface area (Å²) < 4.78 is 0. The van der Waals surface area contributed by atoms with Crippen molar-refractivity contribution in [2.75, 3.05) is 6.61 Å². The molecule has 0 spiro atoms. The molecular formula is C18H27NO. The van der Waals surface area contributed by atoms with E-state index in [4.69, 9.17) is 4.84 Å². The van der Waals surface area contributed by atoms with E-state index in [2.05, 4.69) is 36.3 Å². The summed E-state index contributed by atoms with van der Waals surface area (Å²) >= 11 is 0. The number of unbranched alkanes of at least 4 members (excludes halogenated alkanes) is 2. The fraction of sp³-hybridized carbons (Fsp3) is 0.611. The van der Waals surface area contributed by atoms with Gasteiger partial charge in [0.2, 0.25) is 0 Å². The van der Waals surface area contributed by atoms with E-state index in [1.54, 1.807) is 0 Å². The minimum absolute atomic E-state index is 0.727. The second kappa shape index (κ2) is 8.78. The van der Waals surface area contributed by atoms with E-state index in [1.165, 1.54) is 50.5 Å². The van der Waals surface area contributed by atoms with Crippen molar-refractivity contribution in [3.63, 3.8) is 0 Å². The number of benzene rings is 1. The van der Waals surface area contributed by atoms with Crippen molar-refractivity contribution < 1.29 is 4.84 Å². The zero-order chi connectivity index (χ0) is 14.0. The minimum Gasteiger partial charge on any atom is -0.396 e. The predicted octanol–water partition coefficient (Wildman–Crippen LogP) is 5.28. The number of hydrogen-bond donors (Lipinski definition) is 0. The van der Waals surface area contributed by atoms with Crippen LogP contribution in [0, 0.1) is 0 Å². The summed E-state index contributed by atoms with van der Waals surface area (Å²) in [4.78, 5) is 5.26. The zero-order valence-electron chi connectivity index (χ0n) is 12.7. The van der Waals surface area contributed by atoms with Gasteiger partial charge in [0.1, 0.15) is 6.61 Å². The highest BCUT2D eigenvalue weighted by atomic mass is 16.6. The fourth-order valence-corrected chi connectivity index (χ4v) is 2.86. The smallest absolute Gasteiger partial charge is 0.117 e. The maximum atomic E-state index is 5.26. The maximum absolute atomic E-state index is 5.26. The van der Waals surface area contributed by atoms with E-state index >= 15 is 0 Å². The molecule has 2 rings (SSSR count). The molecule has 1 aromatic rings. The SMILES string of the molecule is CCCCCON=Cc1ccc(C2CCCCC2)cc1. The third-order valence-corrected chi connectivity index (χ3v) is 4.13. The van der Waals surface area contributed by atoms with Crippen molar-refractivity contribution in [2.45, 2.75) is 64.2 Å². The van der Waals surface area contributed by atoms with Crippen molar-refractivity contribution in [1.82, 2.24) is 0 Å². The molecule has 0 unspecified atom stereocenters. The molecular weight excluding hydrogens is 246 g/mol. The molecule has 0 aliphatic heterocycles. The molecule has 20 heavy (non-hydrogen) atoms. The first kappa shape index (κ1) is 15.1. The van der Waals surface area contributed by atoms with Gasteiger partial charge >= 0.3 is 0 Å². The molecule has 0 bridgehead atoms. The van der Waals surface area contributed by atoms with Gasteiger partial charge in [0.05, 0.1) is 6.21 Å². The summed E-state index contributed by atoms with van der Waals surface area (Å²) in [5, 5.41) is 4.03. The summed E-state index contributed by atoms with van der Waals surface area (Å²) in [6.45, 7) is 2.92. The molecule has 110 valence electrons. The van der Waals surface area contributed by atoms with Crippen LogP contribution in [0.5, 0.6) is 0 Å². The molecule has 0 saturated heterocycles. The average molecular weight is 273 g/mol. The molecule has 1 aromatic carbocycles. The largest absolute Gasteiger partial charge is 0.396 e. The third-order valence-electron chi connectivity index (χ3n) is 4.13. The Morgan fingerprint density at radius 2 is 1.85 bits per heavy atom. The lowest BCUT2D eigenvalue weighted by Gasteiger charge is -2.21. The van der Waals surface area contributed by atoms with Crippen molar-refractivity contribution >= 4 is 6.21 Å². The first-order valence-corrected chi connectivity index (χ1v) is 8.15. The molecule has 2 nitrogen and oxygen atoms in total. The van der Waals surface area contributed by atoms with Gasteiger partial charge in [0.15, 0.2) is 0 Å². The van der Waals surface area contributed by atoms with Gasteiger partial charge in [-0.15, -0.1) is 0 Å². The van der Waals surface area contributed by atoms with Gasteiger partial charge in [0, 0.05) is 0 Å². The Morgan fingerprint density at radius 3 is 2.55 bits per heavy atom. The topological polar surface area (TPSA) is 21.6 Å². The van der Waals surface area contributed by atoms with Crippen LogP contribution in [0.1, 0.15) is 75.3 Å². The Morgan fingerprint density at radius 1 is 1.10 bits per heavy atom. The number of nitrogens with zero attached hydrogens (tertiary/aromatic N) is 1. The van der Waals surface area contributed by atoms with E-state index in [0.29, 0.717) is 0 Å². The number of rotatable bonds is 7. The van der Waals surface area contributed by atoms with Crippen molar-refractivity contribution in [3.8, 4) is 0 Å². The Balaban J connectivity index is 1.77. The first-order chi connectivity index (χ1) is 9.90. The van der Waals surface area contributed by atoms with E-state index in [9.17, 15) is 0 Å². The van der Waals surface area contributed by atoms with Crippen LogP contribution in [0.3, 0.4) is 0 Å². The molecule has 1 saturated carbocycles. The van der Waals surface area contributed by atoms with E-state index in [0.717, 1.165) is 24.5 Å². The summed E-state index contributed by atoms with van der Waals surface area (Å²) in [6.07, 6.45) is 12.2. The molecule has 0 heterocycles. The quantitative estimate of drug-likeness (QED) is 0.376. The van der Waals surface area contributed by atoms with E-state index < -0.39 is 0 Å². The molecule has 0 aromatic heterocycles. The van der Waals surface area contributed by atoms with Gasteiger partial charge in [-0.1, -0.05) is 68.4 Å². The third kappa shape index (κ3) is 4.99. The van der Waals surface area contributed by atoms with Gasteiger partial charge in [-0.05, 0) is 36.3 Å². The van der Waals surface area contributed by atoms with Crippen LogP contribution in [-0.2, 0) is 4.84 Å². The van der Waals surface area contributed by atoms with E-state index in [1.807, 2.05) is 6.21 Å². The van der Waals surface area contributed by atoms with Gasteiger partial charge in [-0.25, -0.2) is 0 Å².